The minimum atomic E-state index is -0.833. The van der Waals surface area contributed by atoms with Crippen molar-refractivity contribution in [3.05, 3.63) is 132 Å². The van der Waals surface area contributed by atoms with Crippen LogP contribution in [0.25, 0.3) is 0 Å². The summed E-state index contributed by atoms with van der Waals surface area (Å²) in [5.41, 5.74) is 4.22. The number of aliphatic imine (C=N–C) groups is 2. The minimum absolute atomic E-state index is 0. The zero-order valence-corrected chi connectivity index (χ0v) is 37.3. The van der Waals surface area contributed by atoms with Crippen LogP contribution in [0.5, 0.6) is 0 Å². The first-order valence-electron chi connectivity index (χ1n) is 16.3. The van der Waals surface area contributed by atoms with Gasteiger partial charge in [0.15, 0.2) is 0 Å². The molecule has 2 atom stereocenters. The predicted molar refractivity (Wildman–Crippen MR) is 213 cm³/mol. The Bertz CT molecular complexity index is 1500. The third-order valence-electron chi connectivity index (χ3n) is 4.80. The van der Waals surface area contributed by atoms with Crippen LogP contribution in [0.4, 0.5) is 0 Å². The number of hydrogen-bond acceptors (Lipinski definition) is 10. The molecule has 16 nitrogen and oxygen atoms in total. The molecule has 0 saturated heterocycles. The molecule has 2 aromatic carbocycles. The fourth-order valence-electron chi connectivity index (χ4n) is 2.92. The standard InChI is InChI=1S/2C14H14N2.6C2H4O2.3Mn/c2*1-12(13-7-3-2-4-8-13)16-11-14-9-5-6-10-15-14;6*1-2(3)4;;;/h2*2-12H,1H3;6*1H3,(H,3,4);;;. The summed E-state index contributed by atoms with van der Waals surface area (Å²) in [7, 11) is 0. The van der Waals surface area contributed by atoms with Crippen LogP contribution in [-0.4, -0.2) is 88.9 Å². The van der Waals surface area contributed by atoms with Crippen molar-refractivity contribution in [1.82, 2.24) is 9.97 Å². The molecular formula is C40H52Mn3N4O12. The third-order valence-corrected chi connectivity index (χ3v) is 4.80. The van der Waals surface area contributed by atoms with E-state index >= 15 is 0 Å². The molecule has 0 saturated carbocycles. The van der Waals surface area contributed by atoms with E-state index in [-0.39, 0.29) is 63.3 Å². The summed E-state index contributed by atoms with van der Waals surface area (Å²) in [6.45, 7) is 10.7. The molecule has 0 amide bonds. The first-order valence-corrected chi connectivity index (χ1v) is 16.3. The van der Waals surface area contributed by atoms with Crippen LogP contribution >= 0.6 is 0 Å². The van der Waals surface area contributed by atoms with Crippen molar-refractivity contribution in [3.8, 4) is 0 Å². The Morgan fingerprint density at radius 2 is 0.627 bits per heavy atom. The van der Waals surface area contributed by atoms with E-state index in [0.29, 0.717) is 0 Å². The van der Waals surface area contributed by atoms with E-state index in [4.69, 9.17) is 59.4 Å². The third kappa shape index (κ3) is 67.6. The van der Waals surface area contributed by atoms with E-state index in [0.717, 1.165) is 52.9 Å². The molecule has 59 heavy (non-hydrogen) atoms. The predicted octanol–water partition coefficient (Wildman–Crippen LogP) is 7.06. The zero-order chi connectivity index (χ0) is 43.9. The van der Waals surface area contributed by atoms with Crippen molar-refractivity contribution < 1.29 is 111 Å². The summed E-state index contributed by atoms with van der Waals surface area (Å²) < 4.78 is 0. The van der Waals surface area contributed by atoms with E-state index < -0.39 is 35.8 Å². The summed E-state index contributed by atoms with van der Waals surface area (Å²) in [4.78, 5) is 71.3. The van der Waals surface area contributed by atoms with Crippen LogP contribution < -0.4 is 0 Å². The van der Waals surface area contributed by atoms with Gasteiger partial charge in [0, 0.05) is 118 Å². The Balaban J connectivity index is -0.000000116. The van der Waals surface area contributed by atoms with Crippen LogP contribution in [0, 0.1) is 0 Å². The van der Waals surface area contributed by atoms with Gasteiger partial charge in [0.2, 0.25) is 0 Å². The SMILES string of the molecule is CC(=O)O.CC(=O)O.CC(=O)O.CC(=O)O.CC(=O)O.CC(=O)O.CC(N=Cc1ccccn1)c1ccccc1.CC(N=Cc1ccccn1)c1ccccc1.[Mn].[Mn].[Mn]. The Hall–Kier alpha value is -5.54. The van der Waals surface area contributed by atoms with Crippen LogP contribution in [0.3, 0.4) is 0 Å². The first kappa shape index (κ1) is 68.2. The molecule has 0 fully saturated rings. The van der Waals surface area contributed by atoms with Gasteiger partial charge in [-0.05, 0) is 49.2 Å². The maximum Gasteiger partial charge on any atom is 0.300 e. The first-order chi connectivity index (χ1) is 26.1. The number of nitrogens with zero attached hydrogens (tertiary/aromatic N) is 4. The van der Waals surface area contributed by atoms with Gasteiger partial charge in [-0.1, -0.05) is 72.8 Å². The van der Waals surface area contributed by atoms with Gasteiger partial charge in [-0.25, -0.2) is 0 Å². The molecular weight excluding hydrogens is 893 g/mol. The second-order valence-electron chi connectivity index (χ2n) is 10.4. The van der Waals surface area contributed by atoms with Crippen molar-refractivity contribution in [2.24, 2.45) is 9.98 Å². The van der Waals surface area contributed by atoms with Crippen LogP contribution in [0.2, 0.25) is 0 Å². The van der Waals surface area contributed by atoms with Gasteiger partial charge in [-0.2, -0.15) is 0 Å². The molecule has 2 unspecified atom stereocenters. The van der Waals surface area contributed by atoms with Gasteiger partial charge in [-0.3, -0.25) is 48.7 Å². The smallest absolute Gasteiger partial charge is 0.300 e. The van der Waals surface area contributed by atoms with Crippen molar-refractivity contribution in [3.63, 3.8) is 0 Å². The minimum Gasteiger partial charge on any atom is -0.481 e. The average Bonchev–Trinajstić information content (AvgIpc) is 3.10. The molecule has 19 heteroatoms. The largest absolute Gasteiger partial charge is 0.481 e. The molecule has 0 spiro atoms. The van der Waals surface area contributed by atoms with Gasteiger partial charge in [0.05, 0.1) is 23.5 Å². The molecule has 0 aliphatic carbocycles. The topological polar surface area (TPSA) is 274 Å². The Labute approximate surface area is 376 Å². The van der Waals surface area contributed by atoms with Gasteiger partial charge < -0.3 is 30.6 Å². The number of carboxylic acids is 6. The number of benzene rings is 2. The number of aliphatic carboxylic acids is 6. The normalized spacial score (nSPS) is 9.49. The van der Waals surface area contributed by atoms with Crippen LogP contribution in [-0.2, 0) is 80.0 Å². The fourth-order valence-corrected chi connectivity index (χ4v) is 2.92. The monoisotopic (exact) mass is 945 g/mol. The second kappa shape index (κ2) is 46.8. The molecule has 4 aromatic rings. The van der Waals surface area contributed by atoms with E-state index in [2.05, 4.69) is 58.1 Å². The maximum atomic E-state index is 9.00. The van der Waals surface area contributed by atoms with Crippen molar-refractivity contribution in [2.75, 3.05) is 0 Å². The van der Waals surface area contributed by atoms with Crippen LogP contribution in [0.1, 0.15) is 90.0 Å². The van der Waals surface area contributed by atoms with E-state index in [1.807, 2.05) is 85.2 Å². The Morgan fingerprint density at radius 1 is 0.424 bits per heavy atom. The number of aromatic nitrogens is 2. The molecule has 0 aliphatic heterocycles. The van der Waals surface area contributed by atoms with Crippen molar-refractivity contribution in [2.45, 2.75) is 67.5 Å². The Kier molecular flexibility index (Phi) is 54.1. The molecule has 0 aliphatic rings. The van der Waals surface area contributed by atoms with Gasteiger partial charge in [0.25, 0.3) is 35.8 Å². The summed E-state index contributed by atoms with van der Waals surface area (Å²) in [5, 5.41) is 44.5. The Morgan fingerprint density at radius 3 is 0.814 bits per heavy atom. The summed E-state index contributed by atoms with van der Waals surface area (Å²) in [5.74, 6) is -5.00. The number of carbonyl (C=O) groups is 6. The number of hydrogen-bond donors (Lipinski definition) is 6. The van der Waals surface area contributed by atoms with Gasteiger partial charge in [-0.15, -0.1) is 0 Å². The number of rotatable bonds is 6. The molecule has 2 heterocycles. The van der Waals surface area contributed by atoms with Gasteiger partial charge >= 0.3 is 0 Å². The van der Waals surface area contributed by atoms with E-state index in [1.54, 1.807) is 12.4 Å². The number of carboxylic acid groups (broad SMARTS) is 6. The summed E-state index contributed by atoms with van der Waals surface area (Å²) >= 11 is 0. The van der Waals surface area contributed by atoms with E-state index in [1.165, 1.54) is 11.1 Å². The molecule has 6 N–H and O–H groups in total. The summed E-state index contributed by atoms with van der Waals surface area (Å²) in [6, 6.07) is 32.4. The van der Waals surface area contributed by atoms with Crippen molar-refractivity contribution in [1.29, 1.82) is 0 Å². The quantitative estimate of drug-likeness (QED) is 0.0834. The number of pyridine rings is 2. The molecule has 3 radical (unpaired) electrons. The molecule has 325 valence electrons. The van der Waals surface area contributed by atoms with Crippen molar-refractivity contribution >= 4 is 48.2 Å². The molecule has 0 bridgehead atoms. The zero-order valence-electron chi connectivity index (χ0n) is 33.8. The average molecular weight is 946 g/mol. The van der Waals surface area contributed by atoms with Crippen LogP contribution in [0.15, 0.2) is 119 Å². The fraction of sp³-hybridized carbons (Fsp3) is 0.250. The summed E-state index contributed by atoms with van der Waals surface area (Å²) in [6.07, 6.45) is 7.18. The molecule has 2 aromatic heterocycles. The van der Waals surface area contributed by atoms with Gasteiger partial charge in [0.1, 0.15) is 0 Å². The second-order valence-corrected chi connectivity index (χ2v) is 10.4. The molecule has 4 rings (SSSR count). The van der Waals surface area contributed by atoms with E-state index in [9.17, 15) is 0 Å². The maximum absolute atomic E-state index is 9.00.